The van der Waals surface area contributed by atoms with Crippen molar-refractivity contribution in [2.24, 2.45) is 0 Å². The van der Waals surface area contributed by atoms with Crippen LogP contribution in [0.3, 0.4) is 0 Å². The monoisotopic (exact) mass is 262 g/mol. The lowest BCUT2D eigenvalue weighted by atomic mass is 10.3. The zero-order valence-corrected chi connectivity index (χ0v) is 10.9. The number of methoxy groups -OCH3 is 1. The Kier molecular flexibility index (Phi) is 4.74. The maximum atomic E-state index is 12.0. The molecule has 0 aliphatic rings. The summed E-state index contributed by atoms with van der Waals surface area (Å²) in [4.78, 5) is 19.1. The average molecular weight is 262 g/mol. The van der Waals surface area contributed by atoms with Crippen molar-refractivity contribution in [1.29, 1.82) is 0 Å². The number of imidazole rings is 1. The van der Waals surface area contributed by atoms with E-state index in [4.69, 9.17) is 4.74 Å². The molecule has 0 bridgehead atoms. The van der Waals surface area contributed by atoms with Crippen LogP contribution in [0, 0.1) is 0 Å². The molecule has 0 saturated heterocycles. The van der Waals surface area contributed by atoms with Crippen LogP contribution in [0.25, 0.3) is 0 Å². The normalized spacial score (nSPS) is 10.6. The first kappa shape index (κ1) is 13.4. The summed E-state index contributed by atoms with van der Waals surface area (Å²) in [5, 5.41) is 2.88. The Hall–Kier alpha value is -2.08. The maximum Gasteiger partial charge on any atom is 0.267 e. The third-order valence-corrected chi connectivity index (χ3v) is 2.80. The van der Waals surface area contributed by atoms with Gasteiger partial charge in [-0.15, -0.1) is 0 Å². The molecular weight excluding hydrogens is 244 g/mol. The van der Waals surface area contributed by atoms with Gasteiger partial charge in [0.2, 0.25) is 0 Å². The summed E-state index contributed by atoms with van der Waals surface area (Å²) in [6, 6.07) is 3.66. The highest BCUT2D eigenvalue weighted by atomic mass is 16.5. The molecule has 0 atom stereocenters. The van der Waals surface area contributed by atoms with Gasteiger partial charge in [0.05, 0.1) is 6.61 Å². The Labute approximate surface area is 111 Å². The van der Waals surface area contributed by atoms with Crippen LogP contribution in [0.2, 0.25) is 0 Å². The topological polar surface area (TPSA) is 71.9 Å². The fourth-order valence-electron chi connectivity index (χ4n) is 1.82. The van der Waals surface area contributed by atoms with Crippen LogP contribution in [-0.4, -0.2) is 40.7 Å². The molecule has 0 aromatic carbocycles. The van der Waals surface area contributed by atoms with Crippen LogP contribution in [0.4, 0.5) is 0 Å². The minimum Gasteiger partial charge on any atom is -0.383 e. The van der Waals surface area contributed by atoms with Gasteiger partial charge in [0.1, 0.15) is 11.5 Å². The van der Waals surface area contributed by atoms with E-state index in [0.717, 1.165) is 5.82 Å². The second kappa shape index (κ2) is 6.75. The molecule has 0 spiro atoms. The number of hydrogen-bond donors (Lipinski definition) is 2. The number of hydrogen-bond acceptors (Lipinski definition) is 3. The Bertz CT molecular complexity index is 504. The van der Waals surface area contributed by atoms with E-state index in [1.54, 1.807) is 25.6 Å². The van der Waals surface area contributed by atoms with E-state index in [-0.39, 0.29) is 5.91 Å². The largest absolute Gasteiger partial charge is 0.383 e. The van der Waals surface area contributed by atoms with Gasteiger partial charge in [-0.3, -0.25) is 4.79 Å². The zero-order valence-electron chi connectivity index (χ0n) is 10.9. The van der Waals surface area contributed by atoms with Crippen LogP contribution >= 0.6 is 0 Å². The molecule has 2 heterocycles. The third kappa shape index (κ3) is 3.69. The van der Waals surface area contributed by atoms with Gasteiger partial charge in [-0.1, -0.05) is 0 Å². The number of carbonyl (C=O) groups excluding carboxylic acids is 1. The van der Waals surface area contributed by atoms with Crippen molar-refractivity contribution in [2.75, 3.05) is 20.3 Å². The second-order valence-corrected chi connectivity index (χ2v) is 4.12. The first-order chi connectivity index (χ1) is 9.31. The summed E-state index contributed by atoms with van der Waals surface area (Å²) >= 11 is 0. The molecule has 2 N–H and O–H groups in total. The van der Waals surface area contributed by atoms with Gasteiger partial charge in [0.25, 0.3) is 5.91 Å². The fourth-order valence-corrected chi connectivity index (χ4v) is 1.82. The smallest absolute Gasteiger partial charge is 0.267 e. The van der Waals surface area contributed by atoms with Gasteiger partial charge in [0.15, 0.2) is 0 Å². The van der Waals surface area contributed by atoms with Gasteiger partial charge in [-0.2, -0.15) is 0 Å². The van der Waals surface area contributed by atoms with Crippen LogP contribution in [0.15, 0.2) is 30.7 Å². The Balaban J connectivity index is 1.84. The standard InChI is InChI=1S/C13H18N4O2/c1-19-10-9-17-8-2-3-11(17)13(18)16-5-4-12-14-6-7-15-12/h2-3,6-8H,4-5,9-10H2,1H3,(H,14,15)(H,16,18). The van der Waals surface area contributed by atoms with E-state index in [1.807, 2.05) is 16.8 Å². The minimum atomic E-state index is -0.0762. The number of carbonyl (C=O) groups is 1. The van der Waals surface area contributed by atoms with Gasteiger partial charge in [-0.05, 0) is 12.1 Å². The summed E-state index contributed by atoms with van der Waals surface area (Å²) in [5.74, 6) is 0.794. The molecule has 6 heteroatoms. The molecule has 102 valence electrons. The van der Waals surface area contributed by atoms with Crippen molar-refractivity contribution < 1.29 is 9.53 Å². The van der Waals surface area contributed by atoms with Gasteiger partial charge in [-0.25, -0.2) is 4.98 Å². The molecule has 0 unspecified atom stereocenters. The average Bonchev–Trinajstić information content (AvgIpc) is 3.07. The van der Waals surface area contributed by atoms with E-state index >= 15 is 0 Å². The second-order valence-electron chi connectivity index (χ2n) is 4.12. The van der Waals surface area contributed by atoms with Crippen LogP contribution in [-0.2, 0) is 17.7 Å². The molecule has 0 saturated carbocycles. The van der Waals surface area contributed by atoms with Crippen molar-refractivity contribution in [3.63, 3.8) is 0 Å². The molecule has 6 nitrogen and oxygen atoms in total. The molecule has 2 aromatic rings. The lowest BCUT2D eigenvalue weighted by molar-refractivity contribution is 0.0942. The van der Waals surface area contributed by atoms with Gasteiger partial charge >= 0.3 is 0 Å². The summed E-state index contributed by atoms with van der Waals surface area (Å²) < 4.78 is 6.90. The highest BCUT2D eigenvalue weighted by Gasteiger charge is 2.10. The van der Waals surface area contributed by atoms with E-state index in [0.29, 0.717) is 31.8 Å². The third-order valence-electron chi connectivity index (χ3n) is 2.80. The first-order valence-corrected chi connectivity index (χ1v) is 6.22. The molecule has 1 amide bonds. The number of nitrogens with one attached hydrogen (secondary N) is 2. The van der Waals surface area contributed by atoms with Crippen molar-refractivity contribution in [3.8, 4) is 0 Å². The lowest BCUT2D eigenvalue weighted by Gasteiger charge is -2.08. The lowest BCUT2D eigenvalue weighted by Crippen LogP contribution is -2.28. The Morgan fingerprint density at radius 3 is 3.21 bits per heavy atom. The van der Waals surface area contributed by atoms with Gasteiger partial charge in [0, 0.05) is 45.2 Å². The predicted octanol–water partition coefficient (Wildman–Crippen LogP) is 0.830. The number of aromatic amines is 1. The van der Waals surface area contributed by atoms with Crippen LogP contribution in [0.1, 0.15) is 16.3 Å². The minimum absolute atomic E-state index is 0.0762. The number of nitrogens with zero attached hydrogens (tertiary/aromatic N) is 2. The van der Waals surface area contributed by atoms with E-state index < -0.39 is 0 Å². The van der Waals surface area contributed by atoms with E-state index in [1.165, 1.54) is 0 Å². The fraction of sp³-hybridized carbons (Fsp3) is 0.385. The molecule has 2 aromatic heterocycles. The van der Waals surface area contributed by atoms with E-state index in [9.17, 15) is 4.79 Å². The molecule has 2 rings (SSSR count). The number of ether oxygens (including phenoxy) is 1. The molecular formula is C13H18N4O2. The molecule has 0 radical (unpaired) electrons. The SMILES string of the molecule is COCCn1cccc1C(=O)NCCc1ncc[nH]1. The van der Waals surface area contributed by atoms with Gasteiger partial charge < -0.3 is 19.6 Å². The number of amides is 1. The maximum absolute atomic E-state index is 12.0. The van der Waals surface area contributed by atoms with Crippen LogP contribution in [0.5, 0.6) is 0 Å². The first-order valence-electron chi connectivity index (χ1n) is 6.22. The Morgan fingerprint density at radius 2 is 2.47 bits per heavy atom. The zero-order chi connectivity index (χ0) is 13.5. The highest BCUT2D eigenvalue weighted by Crippen LogP contribution is 2.02. The Morgan fingerprint density at radius 1 is 1.58 bits per heavy atom. The van der Waals surface area contributed by atoms with Crippen molar-refractivity contribution >= 4 is 5.91 Å². The predicted molar refractivity (Wildman–Crippen MR) is 70.9 cm³/mol. The van der Waals surface area contributed by atoms with Crippen molar-refractivity contribution in [2.45, 2.75) is 13.0 Å². The number of rotatable bonds is 7. The summed E-state index contributed by atoms with van der Waals surface area (Å²) in [5.41, 5.74) is 0.650. The van der Waals surface area contributed by atoms with Crippen LogP contribution < -0.4 is 5.32 Å². The molecule has 19 heavy (non-hydrogen) atoms. The van der Waals surface area contributed by atoms with Crippen molar-refractivity contribution in [1.82, 2.24) is 19.9 Å². The highest BCUT2D eigenvalue weighted by molar-refractivity contribution is 5.92. The summed E-state index contributed by atoms with van der Waals surface area (Å²) in [6.07, 6.45) is 6.04. The summed E-state index contributed by atoms with van der Waals surface area (Å²) in [7, 11) is 1.65. The molecule has 0 aliphatic heterocycles. The number of H-pyrrole nitrogens is 1. The number of aromatic nitrogens is 3. The quantitative estimate of drug-likeness (QED) is 0.776. The van der Waals surface area contributed by atoms with E-state index in [2.05, 4.69) is 15.3 Å². The molecule has 0 aliphatic carbocycles. The summed E-state index contributed by atoms with van der Waals surface area (Å²) in [6.45, 7) is 1.81. The van der Waals surface area contributed by atoms with Crippen molar-refractivity contribution in [3.05, 3.63) is 42.2 Å². The molecule has 0 fully saturated rings.